The predicted molar refractivity (Wildman–Crippen MR) is 321 cm³/mol. The first kappa shape index (κ1) is 71.9. The van der Waals surface area contributed by atoms with Crippen LogP contribution in [0.15, 0.2) is 24.3 Å². The van der Waals surface area contributed by atoms with Crippen molar-refractivity contribution in [3.63, 3.8) is 0 Å². The minimum atomic E-state index is -0.775. The van der Waals surface area contributed by atoms with Crippen LogP contribution >= 0.6 is 0 Å². The molecule has 0 fully saturated rings. The molecule has 6 nitrogen and oxygen atoms in total. The van der Waals surface area contributed by atoms with Crippen LogP contribution < -0.4 is 0 Å². The monoisotopic (exact) mass is 1040 g/mol. The van der Waals surface area contributed by atoms with Crippen molar-refractivity contribution >= 4 is 17.9 Å². The summed E-state index contributed by atoms with van der Waals surface area (Å²) < 4.78 is 16.9. The Balaban J connectivity index is 4.01. The van der Waals surface area contributed by atoms with Crippen molar-refractivity contribution in [2.45, 2.75) is 380 Å². The molecule has 0 radical (unpaired) electrons. The molecule has 0 aromatic carbocycles. The summed E-state index contributed by atoms with van der Waals surface area (Å²) >= 11 is 0. The average molecular weight is 1040 g/mol. The Kier molecular flexibility index (Phi) is 61.6. The van der Waals surface area contributed by atoms with Crippen LogP contribution in [0, 0.1) is 0 Å². The summed E-state index contributed by atoms with van der Waals surface area (Å²) in [6, 6.07) is 0. The van der Waals surface area contributed by atoms with Gasteiger partial charge in [0.25, 0.3) is 0 Å². The van der Waals surface area contributed by atoms with Gasteiger partial charge in [0.1, 0.15) is 13.2 Å². The van der Waals surface area contributed by atoms with Gasteiger partial charge in [0.15, 0.2) is 6.10 Å². The Hall–Kier alpha value is -2.11. The molecule has 74 heavy (non-hydrogen) atoms. The van der Waals surface area contributed by atoms with Gasteiger partial charge in [0.05, 0.1) is 0 Å². The van der Waals surface area contributed by atoms with Crippen LogP contribution in [0.25, 0.3) is 0 Å². The summed E-state index contributed by atoms with van der Waals surface area (Å²) in [6.07, 6.45) is 76.6. The molecule has 0 aliphatic heterocycles. The summed E-state index contributed by atoms with van der Waals surface area (Å²) in [7, 11) is 0. The zero-order valence-electron chi connectivity index (χ0n) is 50.1. The summed E-state index contributed by atoms with van der Waals surface area (Å²) in [5, 5.41) is 0. The molecule has 6 heteroatoms. The van der Waals surface area contributed by atoms with Gasteiger partial charge in [-0.15, -0.1) is 0 Å². The molecule has 0 aliphatic carbocycles. The zero-order valence-corrected chi connectivity index (χ0v) is 50.1. The Morgan fingerprint density at radius 2 is 0.446 bits per heavy atom. The van der Waals surface area contributed by atoms with Crippen LogP contribution in [-0.2, 0) is 28.6 Å². The molecule has 1 atom stereocenters. The van der Waals surface area contributed by atoms with Crippen LogP contribution in [0.2, 0.25) is 0 Å². The molecule has 0 saturated heterocycles. The maximum absolute atomic E-state index is 12.8. The standard InChI is InChI=1S/C68H128O6/c1-4-7-10-13-16-19-22-25-26-27-28-29-30-31-32-33-34-35-36-37-38-39-40-41-42-43-44-47-49-52-55-58-61-67(70)73-64-65(74-68(71)62-59-56-53-50-46-24-21-18-15-12-9-6-3)63-72-66(69)60-57-54-51-48-45-23-20-17-14-11-8-5-2/h17-18,20-21,65H,4-16,19,22-64H2,1-3H3/b20-17-,21-18-. The molecule has 0 saturated carbocycles. The Bertz CT molecular complexity index is 1190. The highest BCUT2D eigenvalue weighted by Gasteiger charge is 2.19. The highest BCUT2D eigenvalue weighted by atomic mass is 16.6. The van der Waals surface area contributed by atoms with E-state index in [2.05, 4.69) is 45.1 Å². The number of allylic oxidation sites excluding steroid dienone is 4. The molecule has 0 aromatic rings. The average Bonchev–Trinajstić information content (AvgIpc) is 3.40. The van der Waals surface area contributed by atoms with Gasteiger partial charge in [-0.25, -0.2) is 0 Å². The lowest BCUT2D eigenvalue weighted by Gasteiger charge is -2.18. The molecule has 0 heterocycles. The van der Waals surface area contributed by atoms with E-state index < -0.39 is 6.10 Å². The van der Waals surface area contributed by atoms with Gasteiger partial charge in [-0.3, -0.25) is 14.4 Å². The van der Waals surface area contributed by atoms with Crippen molar-refractivity contribution in [1.29, 1.82) is 0 Å². The quantitative estimate of drug-likeness (QED) is 0.0261. The maximum atomic E-state index is 12.8. The number of carbonyl (C=O) groups is 3. The van der Waals surface area contributed by atoms with Crippen LogP contribution in [0.5, 0.6) is 0 Å². The number of carbonyl (C=O) groups excluding carboxylic acids is 3. The fraction of sp³-hybridized carbons (Fsp3) is 0.897. The van der Waals surface area contributed by atoms with Gasteiger partial charge in [0.2, 0.25) is 0 Å². The van der Waals surface area contributed by atoms with Crippen LogP contribution in [-0.4, -0.2) is 37.2 Å². The van der Waals surface area contributed by atoms with Gasteiger partial charge < -0.3 is 14.2 Å². The zero-order chi connectivity index (χ0) is 53.6. The first-order valence-electron chi connectivity index (χ1n) is 33.3. The fourth-order valence-electron chi connectivity index (χ4n) is 10.1. The van der Waals surface area contributed by atoms with Gasteiger partial charge in [-0.1, -0.05) is 308 Å². The predicted octanol–water partition coefficient (Wildman–Crippen LogP) is 22.6. The number of rotatable bonds is 62. The van der Waals surface area contributed by atoms with Gasteiger partial charge in [-0.05, 0) is 70.6 Å². The minimum absolute atomic E-state index is 0.0729. The third kappa shape index (κ3) is 60.8. The second-order valence-corrected chi connectivity index (χ2v) is 22.7. The molecule has 0 aliphatic rings. The van der Waals surface area contributed by atoms with E-state index in [9.17, 15) is 14.4 Å². The molecular formula is C68H128O6. The molecule has 0 spiro atoms. The fourth-order valence-corrected chi connectivity index (χ4v) is 10.1. The van der Waals surface area contributed by atoms with Gasteiger partial charge in [-0.2, -0.15) is 0 Å². The van der Waals surface area contributed by atoms with Gasteiger partial charge in [0, 0.05) is 19.3 Å². The van der Waals surface area contributed by atoms with Crippen molar-refractivity contribution in [3.05, 3.63) is 24.3 Å². The lowest BCUT2D eigenvalue weighted by Crippen LogP contribution is -2.30. The smallest absolute Gasteiger partial charge is 0.306 e. The summed E-state index contributed by atoms with van der Waals surface area (Å²) in [5.74, 6) is -0.871. The van der Waals surface area contributed by atoms with Crippen LogP contribution in [0.1, 0.15) is 374 Å². The number of hydrogen-bond acceptors (Lipinski definition) is 6. The van der Waals surface area contributed by atoms with E-state index in [0.29, 0.717) is 19.3 Å². The Morgan fingerprint density at radius 1 is 0.257 bits per heavy atom. The van der Waals surface area contributed by atoms with E-state index in [1.807, 2.05) is 0 Å². The summed E-state index contributed by atoms with van der Waals surface area (Å²) in [5.41, 5.74) is 0. The number of ether oxygens (including phenoxy) is 3. The van der Waals surface area contributed by atoms with E-state index >= 15 is 0 Å². The topological polar surface area (TPSA) is 78.9 Å². The first-order chi connectivity index (χ1) is 36.5. The number of esters is 3. The first-order valence-corrected chi connectivity index (χ1v) is 33.3. The molecule has 0 rings (SSSR count). The highest BCUT2D eigenvalue weighted by Crippen LogP contribution is 2.18. The van der Waals surface area contributed by atoms with Crippen molar-refractivity contribution in [3.8, 4) is 0 Å². The lowest BCUT2D eigenvalue weighted by atomic mass is 10.0. The number of hydrogen-bond donors (Lipinski definition) is 0. The van der Waals surface area contributed by atoms with E-state index in [1.165, 1.54) is 263 Å². The molecular weight excluding hydrogens is 913 g/mol. The van der Waals surface area contributed by atoms with Crippen LogP contribution in [0.4, 0.5) is 0 Å². The van der Waals surface area contributed by atoms with E-state index in [1.54, 1.807) is 0 Å². The van der Waals surface area contributed by atoms with Crippen molar-refractivity contribution in [1.82, 2.24) is 0 Å². The SMILES string of the molecule is CCCCC/C=C\CCCCCCCC(=O)OCC(COC(=O)CCCCCCCCCCCCCCCCCCCCCCCCCCCCCCCCCC)OC(=O)CCCCCCC/C=C\CCCCC. The van der Waals surface area contributed by atoms with Crippen molar-refractivity contribution in [2.24, 2.45) is 0 Å². The summed E-state index contributed by atoms with van der Waals surface area (Å²) in [4.78, 5) is 38.1. The molecule has 0 aromatic heterocycles. The molecule has 0 amide bonds. The third-order valence-electron chi connectivity index (χ3n) is 15.2. The lowest BCUT2D eigenvalue weighted by molar-refractivity contribution is -0.167. The highest BCUT2D eigenvalue weighted by molar-refractivity contribution is 5.71. The maximum Gasteiger partial charge on any atom is 0.306 e. The van der Waals surface area contributed by atoms with E-state index in [4.69, 9.17) is 14.2 Å². The van der Waals surface area contributed by atoms with E-state index in [0.717, 1.165) is 70.6 Å². The third-order valence-corrected chi connectivity index (χ3v) is 15.2. The van der Waals surface area contributed by atoms with Gasteiger partial charge >= 0.3 is 17.9 Å². The Morgan fingerprint density at radius 3 is 0.703 bits per heavy atom. The van der Waals surface area contributed by atoms with Crippen molar-refractivity contribution in [2.75, 3.05) is 13.2 Å². The van der Waals surface area contributed by atoms with E-state index in [-0.39, 0.29) is 31.1 Å². The second kappa shape index (κ2) is 63.4. The molecule has 436 valence electrons. The molecule has 1 unspecified atom stereocenters. The summed E-state index contributed by atoms with van der Waals surface area (Å²) in [6.45, 7) is 6.63. The largest absolute Gasteiger partial charge is 0.462 e. The van der Waals surface area contributed by atoms with Crippen molar-refractivity contribution < 1.29 is 28.6 Å². The minimum Gasteiger partial charge on any atom is -0.462 e. The van der Waals surface area contributed by atoms with Crippen LogP contribution in [0.3, 0.4) is 0 Å². The second-order valence-electron chi connectivity index (χ2n) is 22.7. The molecule has 0 bridgehead atoms. The molecule has 0 N–H and O–H groups in total. The Labute approximate surface area is 462 Å². The normalized spacial score (nSPS) is 12.1. The number of unbranched alkanes of at least 4 members (excludes halogenated alkanes) is 47.